The zero-order valence-corrected chi connectivity index (χ0v) is 18.8. The smallest absolute Gasteiger partial charge is 0.221 e. The number of carbonyl (C=O) groups is 1. The van der Waals surface area contributed by atoms with Crippen LogP contribution < -0.4 is 10.2 Å². The lowest BCUT2D eigenvalue weighted by Crippen LogP contribution is -2.33. The SMILES string of the molecule is CC(C)CNC(=O)CCN(Cc1ccco1)c1nc(-c2ccc(F)cc2)nc2ccccc12. The summed E-state index contributed by atoms with van der Waals surface area (Å²) in [6.45, 7) is 5.67. The molecular weight excluding hydrogens is 419 g/mol. The maximum atomic E-state index is 13.5. The maximum absolute atomic E-state index is 13.5. The molecule has 0 saturated carbocycles. The molecule has 0 spiro atoms. The van der Waals surface area contributed by atoms with E-state index in [1.54, 1.807) is 18.4 Å². The van der Waals surface area contributed by atoms with Crippen molar-refractivity contribution in [1.29, 1.82) is 0 Å². The van der Waals surface area contributed by atoms with Crippen molar-refractivity contribution < 1.29 is 13.6 Å². The number of hydrogen-bond donors (Lipinski definition) is 1. The lowest BCUT2D eigenvalue weighted by atomic mass is 10.1. The van der Waals surface area contributed by atoms with Crippen LogP contribution in [0.5, 0.6) is 0 Å². The summed E-state index contributed by atoms with van der Waals surface area (Å²) in [5.74, 6) is 2.03. The minimum Gasteiger partial charge on any atom is -0.467 e. The predicted octanol–water partition coefficient (Wildman–Crippen LogP) is 5.20. The van der Waals surface area contributed by atoms with E-state index in [1.165, 1.54) is 12.1 Å². The van der Waals surface area contributed by atoms with Gasteiger partial charge in [-0.15, -0.1) is 0 Å². The highest BCUT2D eigenvalue weighted by Crippen LogP contribution is 2.29. The number of aromatic nitrogens is 2. The van der Waals surface area contributed by atoms with E-state index in [0.29, 0.717) is 43.6 Å². The minimum atomic E-state index is -0.313. The fraction of sp³-hybridized carbons (Fsp3) is 0.269. The highest BCUT2D eigenvalue weighted by Gasteiger charge is 2.18. The van der Waals surface area contributed by atoms with Crippen LogP contribution in [0.25, 0.3) is 22.3 Å². The molecule has 170 valence electrons. The normalized spacial score (nSPS) is 11.2. The molecule has 0 aliphatic rings. The van der Waals surface area contributed by atoms with Crippen molar-refractivity contribution in [2.45, 2.75) is 26.8 Å². The van der Waals surface area contributed by atoms with E-state index in [2.05, 4.69) is 19.2 Å². The molecule has 0 saturated heterocycles. The number of nitrogens with zero attached hydrogens (tertiary/aromatic N) is 3. The molecule has 4 rings (SSSR count). The van der Waals surface area contributed by atoms with Gasteiger partial charge in [0.1, 0.15) is 17.4 Å². The Morgan fingerprint density at radius 3 is 2.58 bits per heavy atom. The van der Waals surface area contributed by atoms with E-state index in [1.807, 2.05) is 41.3 Å². The standard InChI is InChI=1S/C26H27FN4O2/c1-18(2)16-28-24(32)13-14-31(17-21-6-5-15-33-21)26-22-7-3-4-8-23(22)29-25(30-26)19-9-11-20(27)12-10-19/h3-12,15,18H,13-14,16-17H2,1-2H3,(H,28,32). The molecule has 0 aliphatic carbocycles. The Hall–Kier alpha value is -3.74. The number of fused-ring (bicyclic) bond motifs is 1. The number of halogens is 1. The second-order valence-corrected chi connectivity index (χ2v) is 8.34. The van der Waals surface area contributed by atoms with Crippen LogP contribution in [0.1, 0.15) is 26.0 Å². The lowest BCUT2D eigenvalue weighted by Gasteiger charge is -2.24. The summed E-state index contributed by atoms with van der Waals surface area (Å²) in [7, 11) is 0. The fourth-order valence-electron chi connectivity index (χ4n) is 3.52. The third kappa shape index (κ3) is 5.74. The molecule has 2 heterocycles. The molecule has 7 heteroatoms. The third-order valence-corrected chi connectivity index (χ3v) is 5.23. The van der Waals surface area contributed by atoms with Gasteiger partial charge in [-0.25, -0.2) is 14.4 Å². The van der Waals surface area contributed by atoms with Crippen LogP contribution in [0.15, 0.2) is 71.3 Å². The Kier molecular flexibility index (Phi) is 6.98. The summed E-state index contributed by atoms with van der Waals surface area (Å²) < 4.78 is 19.1. The van der Waals surface area contributed by atoms with Crippen molar-refractivity contribution in [1.82, 2.24) is 15.3 Å². The summed E-state index contributed by atoms with van der Waals surface area (Å²) in [6, 6.07) is 17.6. The topological polar surface area (TPSA) is 71.3 Å². The van der Waals surface area contributed by atoms with Crippen LogP contribution in [0.2, 0.25) is 0 Å². The first-order chi connectivity index (χ1) is 16.0. The van der Waals surface area contributed by atoms with Crippen molar-refractivity contribution >= 4 is 22.6 Å². The van der Waals surface area contributed by atoms with Crippen molar-refractivity contribution in [2.24, 2.45) is 5.92 Å². The molecule has 0 atom stereocenters. The van der Waals surface area contributed by atoms with Crippen molar-refractivity contribution in [2.75, 3.05) is 18.0 Å². The van der Waals surface area contributed by atoms with Crippen molar-refractivity contribution in [3.05, 3.63) is 78.5 Å². The van der Waals surface area contributed by atoms with Gasteiger partial charge in [0.05, 0.1) is 18.3 Å². The van der Waals surface area contributed by atoms with Gasteiger partial charge in [-0.1, -0.05) is 26.0 Å². The number of para-hydroxylation sites is 1. The number of rotatable bonds is 9. The van der Waals surface area contributed by atoms with E-state index in [0.717, 1.165) is 22.2 Å². The van der Waals surface area contributed by atoms with Gasteiger partial charge in [0, 0.05) is 30.5 Å². The van der Waals surface area contributed by atoms with E-state index in [9.17, 15) is 9.18 Å². The first kappa shape index (κ1) is 22.5. The lowest BCUT2D eigenvalue weighted by molar-refractivity contribution is -0.121. The van der Waals surface area contributed by atoms with Gasteiger partial charge in [-0.2, -0.15) is 0 Å². The van der Waals surface area contributed by atoms with E-state index < -0.39 is 0 Å². The average molecular weight is 447 g/mol. The first-order valence-corrected chi connectivity index (χ1v) is 11.1. The number of benzene rings is 2. The van der Waals surface area contributed by atoms with Crippen LogP contribution in [0, 0.1) is 11.7 Å². The molecule has 2 aromatic heterocycles. The molecule has 1 N–H and O–H groups in total. The van der Waals surface area contributed by atoms with Crippen molar-refractivity contribution in [3.63, 3.8) is 0 Å². The highest BCUT2D eigenvalue weighted by molar-refractivity contribution is 5.91. The third-order valence-electron chi connectivity index (χ3n) is 5.23. The van der Waals surface area contributed by atoms with Gasteiger partial charge in [0.25, 0.3) is 0 Å². The van der Waals surface area contributed by atoms with E-state index in [4.69, 9.17) is 14.4 Å². The fourth-order valence-corrected chi connectivity index (χ4v) is 3.52. The van der Waals surface area contributed by atoms with Gasteiger partial charge < -0.3 is 14.6 Å². The van der Waals surface area contributed by atoms with Gasteiger partial charge in [0.15, 0.2) is 5.82 Å². The molecule has 2 aromatic carbocycles. The number of anilines is 1. The minimum absolute atomic E-state index is 0.00901. The first-order valence-electron chi connectivity index (χ1n) is 11.1. The largest absolute Gasteiger partial charge is 0.467 e. The van der Waals surface area contributed by atoms with Gasteiger partial charge >= 0.3 is 0 Å². The summed E-state index contributed by atoms with van der Waals surface area (Å²) in [5, 5.41) is 3.84. The Morgan fingerprint density at radius 1 is 1.06 bits per heavy atom. The molecule has 0 aliphatic heterocycles. The summed E-state index contributed by atoms with van der Waals surface area (Å²) >= 11 is 0. The van der Waals surface area contributed by atoms with Crippen LogP contribution in [0.3, 0.4) is 0 Å². The second kappa shape index (κ2) is 10.3. The Bertz CT molecular complexity index is 1210. The summed E-state index contributed by atoms with van der Waals surface area (Å²) in [5.41, 5.74) is 1.49. The van der Waals surface area contributed by atoms with E-state index >= 15 is 0 Å². The number of furan rings is 1. The molecule has 1 amide bonds. The van der Waals surface area contributed by atoms with Gasteiger partial charge in [-0.05, 0) is 54.4 Å². The molecule has 6 nitrogen and oxygen atoms in total. The van der Waals surface area contributed by atoms with Crippen LogP contribution in [-0.2, 0) is 11.3 Å². The number of hydrogen-bond acceptors (Lipinski definition) is 5. The molecule has 4 aromatic rings. The van der Waals surface area contributed by atoms with Gasteiger partial charge in [-0.3, -0.25) is 4.79 Å². The maximum Gasteiger partial charge on any atom is 0.221 e. The number of amides is 1. The number of nitrogens with one attached hydrogen (secondary N) is 1. The molecular formula is C26H27FN4O2. The second-order valence-electron chi connectivity index (χ2n) is 8.34. The highest BCUT2D eigenvalue weighted by atomic mass is 19.1. The van der Waals surface area contributed by atoms with Crippen LogP contribution in [0.4, 0.5) is 10.2 Å². The monoisotopic (exact) mass is 446 g/mol. The summed E-state index contributed by atoms with van der Waals surface area (Å²) in [4.78, 5) is 24.0. The molecule has 33 heavy (non-hydrogen) atoms. The Labute approximate surface area is 192 Å². The van der Waals surface area contributed by atoms with Gasteiger partial charge in [0.2, 0.25) is 5.91 Å². The van der Waals surface area contributed by atoms with Crippen LogP contribution >= 0.6 is 0 Å². The molecule has 0 fully saturated rings. The Morgan fingerprint density at radius 2 is 1.85 bits per heavy atom. The van der Waals surface area contributed by atoms with E-state index in [-0.39, 0.29) is 11.7 Å². The average Bonchev–Trinajstić information content (AvgIpc) is 3.33. The predicted molar refractivity (Wildman–Crippen MR) is 127 cm³/mol. The Balaban J connectivity index is 1.71. The molecule has 0 unspecified atom stereocenters. The zero-order valence-electron chi connectivity index (χ0n) is 18.8. The summed E-state index contributed by atoms with van der Waals surface area (Å²) in [6.07, 6.45) is 1.95. The van der Waals surface area contributed by atoms with Crippen LogP contribution in [-0.4, -0.2) is 29.0 Å². The molecule has 0 radical (unpaired) electrons. The quantitative estimate of drug-likeness (QED) is 0.383. The molecule has 0 bridgehead atoms. The van der Waals surface area contributed by atoms with Crippen molar-refractivity contribution in [3.8, 4) is 11.4 Å². The zero-order chi connectivity index (χ0) is 23.2. The number of carbonyl (C=O) groups excluding carboxylic acids is 1.